The molecule has 3 aliphatic heterocycles. The highest BCUT2D eigenvalue weighted by molar-refractivity contribution is 7.80. The number of epoxide rings is 1. The van der Waals surface area contributed by atoms with E-state index in [0.717, 1.165) is 30.0 Å². The molecule has 1 aromatic carbocycles. The highest BCUT2D eigenvalue weighted by atomic mass is 32.3. The zero-order chi connectivity index (χ0) is 21.4. The zero-order valence-electron chi connectivity index (χ0n) is 16.6. The van der Waals surface area contributed by atoms with Crippen LogP contribution in [0.25, 0.3) is 0 Å². The number of piperidine rings is 1. The molecule has 1 unspecified atom stereocenters. The van der Waals surface area contributed by atoms with E-state index in [1.807, 2.05) is 30.3 Å². The maximum atomic E-state index is 12.5. The molecule has 29 heavy (non-hydrogen) atoms. The number of esters is 1. The number of nitrogens with zero attached hydrogens (tertiary/aromatic N) is 1. The minimum absolute atomic E-state index is 0.0576. The Morgan fingerprint density at radius 1 is 1.24 bits per heavy atom. The number of hydrogen-bond donors (Lipinski definition) is 1. The lowest BCUT2D eigenvalue weighted by Crippen LogP contribution is -2.60. The van der Waals surface area contributed by atoms with Crippen molar-refractivity contribution in [3.63, 3.8) is 0 Å². The lowest BCUT2D eigenvalue weighted by molar-refractivity contribution is -0.938. The molecule has 3 heterocycles. The first-order valence-corrected chi connectivity index (χ1v) is 10.8. The largest absolute Gasteiger partial charge is 0.726 e. The van der Waals surface area contributed by atoms with Crippen LogP contribution in [0.1, 0.15) is 24.3 Å². The molecule has 0 aromatic heterocycles. The monoisotopic (exact) mass is 429 g/mol. The van der Waals surface area contributed by atoms with Gasteiger partial charge in [-0.1, -0.05) is 30.3 Å². The third-order valence-corrected chi connectivity index (χ3v) is 6.60. The number of benzene rings is 1. The molecule has 0 spiro atoms. The third-order valence-electron chi connectivity index (χ3n) is 6.19. The summed E-state index contributed by atoms with van der Waals surface area (Å²) in [6.07, 6.45) is 2.34. The number of likely N-dealkylation sites (N-methyl/N-ethyl adjacent to an activating group) is 1. The van der Waals surface area contributed by atoms with Gasteiger partial charge in [0, 0.05) is 12.8 Å². The van der Waals surface area contributed by atoms with Crippen molar-refractivity contribution in [2.45, 2.75) is 49.2 Å². The topological polar surface area (TPSA) is 125 Å². The molecular weight excluding hydrogens is 402 g/mol. The Morgan fingerprint density at radius 2 is 1.76 bits per heavy atom. The van der Waals surface area contributed by atoms with Crippen LogP contribution in [0, 0.1) is 0 Å². The maximum absolute atomic E-state index is 12.5. The van der Waals surface area contributed by atoms with Crippen LogP contribution in [0.5, 0.6) is 0 Å². The van der Waals surface area contributed by atoms with Crippen molar-refractivity contribution in [2.24, 2.45) is 0 Å². The number of aliphatic hydroxyl groups excluding tert-OH is 1. The summed E-state index contributed by atoms with van der Waals surface area (Å²) in [4.78, 5) is 12.5. The number of aliphatic hydroxyl groups is 1. The highest BCUT2D eigenvalue weighted by Gasteiger charge is 2.70. The molecular formula is C19H27NO8S. The first kappa shape index (κ1) is 22.1. The van der Waals surface area contributed by atoms with Gasteiger partial charge in [0.1, 0.15) is 36.3 Å². The van der Waals surface area contributed by atoms with Crippen LogP contribution in [0.3, 0.4) is 0 Å². The predicted octanol–water partition coefficient (Wildman–Crippen LogP) is 0.156. The van der Waals surface area contributed by atoms with E-state index in [9.17, 15) is 22.9 Å². The van der Waals surface area contributed by atoms with Crippen molar-refractivity contribution in [3.8, 4) is 0 Å². The molecule has 0 amide bonds. The fourth-order valence-corrected chi connectivity index (χ4v) is 4.55. The van der Waals surface area contributed by atoms with Gasteiger partial charge in [0.05, 0.1) is 27.8 Å². The van der Waals surface area contributed by atoms with E-state index < -0.39 is 16.3 Å². The number of quaternary nitrogens is 1. The molecule has 0 radical (unpaired) electrons. The van der Waals surface area contributed by atoms with Crippen molar-refractivity contribution in [3.05, 3.63) is 35.9 Å². The Labute approximate surface area is 170 Å². The van der Waals surface area contributed by atoms with Gasteiger partial charge >= 0.3 is 5.97 Å². The number of carbonyl (C=O) groups is 1. The third kappa shape index (κ3) is 4.79. The molecule has 9 nitrogen and oxygen atoms in total. The second-order valence-corrected chi connectivity index (χ2v) is 9.23. The summed E-state index contributed by atoms with van der Waals surface area (Å²) < 4.78 is 43.5. The summed E-state index contributed by atoms with van der Waals surface area (Å²) in [6.45, 7) is -0.224. The molecule has 1 N–H and O–H groups in total. The minimum Gasteiger partial charge on any atom is -0.726 e. The Bertz CT molecular complexity index is 808. The second kappa shape index (κ2) is 8.29. The minimum atomic E-state index is -4.41. The molecule has 3 fully saturated rings. The Kier molecular flexibility index (Phi) is 6.32. The van der Waals surface area contributed by atoms with Crippen molar-refractivity contribution >= 4 is 16.4 Å². The fourth-order valence-electron chi connectivity index (χ4n) is 4.55. The SMILES string of the molecule is COS(=O)(=O)[O-].C[N+]1(C)[C@@H]2CC(OC(=O)[C@H](CO)c3ccccc3)C[C@H]1[C@@H]1O[C@@H]12. The average molecular weight is 429 g/mol. The number of ether oxygens (including phenoxy) is 2. The van der Waals surface area contributed by atoms with Gasteiger partial charge in [-0.15, -0.1) is 0 Å². The molecule has 10 heteroatoms. The molecule has 6 atom stereocenters. The van der Waals surface area contributed by atoms with E-state index in [4.69, 9.17) is 9.47 Å². The zero-order valence-corrected chi connectivity index (χ0v) is 17.4. The summed E-state index contributed by atoms with van der Waals surface area (Å²) in [7, 11) is 0.903. The van der Waals surface area contributed by atoms with Crippen LogP contribution in [0.15, 0.2) is 30.3 Å². The van der Waals surface area contributed by atoms with Gasteiger partial charge in [-0.3, -0.25) is 8.98 Å². The van der Waals surface area contributed by atoms with E-state index in [2.05, 4.69) is 18.3 Å². The smallest absolute Gasteiger partial charge is 0.316 e. The summed E-state index contributed by atoms with van der Waals surface area (Å²) in [5.41, 5.74) is 0.807. The van der Waals surface area contributed by atoms with E-state index in [1.165, 1.54) is 0 Å². The van der Waals surface area contributed by atoms with Gasteiger partial charge in [0.25, 0.3) is 0 Å². The lowest BCUT2D eigenvalue weighted by atomic mass is 9.95. The fraction of sp³-hybridized carbons (Fsp3) is 0.632. The van der Waals surface area contributed by atoms with Crippen LogP contribution in [-0.4, -0.2) is 86.7 Å². The summed E-state index contributed by atoms with van der Waals surface area (Å²) in [6, 6.07) is 10.2. The van der Waals surface area contributed by atoms with Crippen LogP contribution < -0.4 is 0 Å². The van der Waals surface area contributed by atoms with Crippen molar-refractivity contribution in [2.75, 3.05) is 27.8 Å². The summed E-state index contributed by atoms with van der Waals surface area (Å²) in [5, 5.41) is 9.60. The molecule has 3 aliphatic rings. The Hall–Kier alpha value is -1.56. The first-order valence-electron chi connectivity index (χ1n) is 9.45. The quantitative estimate of drug-likeness (QED) is 0.231. The average Bonchev–Trinajstić information content (AvgIpc) is 3.41. The van der Waals surface area contributed by atoms with Gasteiger partial charge in [-0.2, -0.15) is 0 Å². The number of rotatable bonds is 5. The van der Waals surface area contributed by atoms with Crippen molar-refractivity contribution in [1.29, 1.82) is 0 Å². The van der Waals surface area contributed by atoms with E-state index >= 15 is 0 Å². The van der Waals surface area contributed by atoms with E-state index in [-0.39, 0.29) is 18.7 Å². The number of hydrogen-bond acceptors (Lipinski definition) is 8. The molecule has 1 aromatic rings. The number of morpholine rings is 1. The van der Waals surface area contributed by atoms with Crippen molar-refractivity contribution < 1.29 is 41.0 Å². The molecule has 0 saturated carbocycles. The van der Waals surface area contributed by atoms with E-state index in [1.54, 1.807) is 0 Å². The van der Waals surface area contributed by atoms with Gasteiger partial charge in [-0.05, 0) is 5.56 Å². The standard InChI is InChI=1S/C18H24NO4.CH4O4S/c1-19(2)14-8-12(9-15(19)17-16(14)23-17)22-18(21)13(10-20)11-6-4-3-5-7-11;1-5-6(2,3)4/h3-7,12-17,20H,8-10H2,1-2H3;1H3,(H,2,3,4)/q+1;/p-1/t12?,13-,14-,15+,16-,17+;/m1./s1. The van der Waals surface area contributed by atoms with Gasteiger partial charge in [0.2, 0.25) is 10.4 Å². The number of fused-ring (bicyclic) bond motifs is 5. The van der Waals surface area contributed by atoms with Gasteiger partial charge in [0.15, 0.2) is 0 Å². The van der Waals surface area contributed by atoms with Crippen LogP contribution in [-0.2, 0) is 28.9 Å². The normalized spacial score (nSPS) is 32.4. The van der Waals surface area contributed by atoms with Gasteiger partial charge in [-0.25, -0.2) is 8.42 Å². The second-order valence-electron chi connectivity index (χ2n) is 8.08. The molecule has 0 aliphatic carbocycles. The Balaban J connectivity index is 0.000000353. The molecule has 4 rings (SSSR count). The predicted molar refractivity (Wildman–Crippen MR) is 100 cm³/mol. The van der Waals surface area contributed by atoms with Crippen LogP contribution in [0.2, 0.25) is 0 Å². The highest BCUT2D eigenvalue weighted by Crippen LogP contribution is 2.51. The summed E-state index contributed by atoms with van der Waals surface area (Å²) in [5.74, 6) is -0.908. The van der Waals surface area contributed by atoms with Crippen LogP contribution >= 0.6 is 0 Å². The van der Waals surface area contributed by atoms with Crippen molar-refractivity contribution in [1.82, 2.24) is 0 Å². The lowest BCUT2D eigenvalue weighted by Gasteiger charge is -2.45. The molecule has 2 bridgehead atoms. The maximum Gasteiger partial charge on any atom is 0.316 e. The summed E-state index contributed by atoms with van der Waals surface area (Å²) >= 11 is 0. The van der Waals surface area contributed by atoms with Crippen LogP contribution in [0.4, 0.5) is 0 Å². The molecule has 3 saturated heterocycles. The van der Waals surface area contributed by atoms with E-state index in [0.29, 0.717) is 24.3 Å². The van der Waals surface area contributed by atoms with Gasteiger partial charge < -0.3 is 23.6 Å². The number of carbonyl (C=O) groups excluding carboxylic acids is 1. The first-order chi connectivity index (χ1) is 13.6. The molecule has 162 valence electrons. The Morgan fingerprint density at radius 3 is 2.21 bits per heavy atom.